The molecule has 0 atom stereocenters. The number of para-hydroxylation sites is 1. The number of anilines is 1. The molecule has 5 nitrogen and oxygen atoms in total. The Morgan fingerprint density at radius 1 is 1.47 bits per heavy atom. The molecule has 2 rings (SSSR count). The van der Waals surface area contributed by atoms with Crippen LogP contribution in [-0.2, 0) is 4.74 Å². The van der Waals surface area contributed by atoms with Crippen LogP contribution in [-0.4, -0.2) is 23.6 Å². The Hall–Kier alpha value is -1.72. The van der Waals surface area contributed by atoms with Crippen molar-refractivity contribution < 1.29 is 9.53 Å². The zero-order chi connectivity index (χ0) is 12.3. The number of benzene rings is 1. The zero-order valence-electron chi connectivity index (χ0n) is 9.02. The number of aromatic amines is 1. The Morgan fingerprint density at radius 3 is 3.00 bits per heavy atom. The van der Waals surface area contributed by atoms with Crippen molar-refractivity contribution in [1.82, 2.24) is 4.98 Å². The molecule has 6 heteroatoms. The highest BCUT2D eigenvalue weighted by Gasteiger charge is 2.16. The fourth-order valence-electron chi connectivity index (χ4n) is 1.55. The maximum Gasteiger partial charge on any atom is 0.428 e. The second-order valence-electron chi connectivity index (χ2n) is 3.39. The predicted octanol–water partition coefficient (Wildman–Crippen LogP) is 2.22. The molecule has 1 aromatic heterocycles. The van der Waals surface area contributed by atoms with Crippen molar-refractivity contribution in [2.75, 3.05) is 17.5 Å². The maximum atomic E-state index is 11.6. The number of halogens is 1. The van der Waals surface area contributed by atoms with Crippen LogP contribution >= 0.6 is 11.6 Å². The van der Waals surface area contributed by atoms with E-state index < -0.39 is 6.09 Å². The van der Waals surface area contributed by atoms with Crippen LogP contribution in [0.4, 0.5) is 10.5 Å². The van der Waals surface area contributed by atoms with Crippen LogP contribution in [0.2, 0.25) is 0 Å². The number of carbonyl (C=O) groups is 1. The topological polar surface area (TPSA) is 71.3 Å². The fourth-order valence-corrected chi connectivity index (χ4v) is 1.63. The van der Waals surface area contributed by atoms with Crippen molar-refractivity contribution in [3.63, 3.8) is 0 Å². The van der Waals surface area contributed by atoms with E-state index in [-0.39, 0.29) is 12.5 Å². The maximum absolute atomic E-state index is 11.6. The van der Waals surface area contributed by atoms with E-state index in [4.69, 9.17) is 22.2 Å². The number of hydrogen-bond acceptors (Lipinski definition) is 3. The van der Waals surface area contributed by atoms with Crippen molar-refractivity contribution in [2.24, 2.45) is 5.84 Å². The Balaban J connectivity index is 2.24. The van der Waals surface area contributed by atoms with Gasteiger partial charge in [-0.3, -0.25) is 0 Å². The number of hydrogen-bond donors (Lipinski definition) is 2. The van der Waals surface area contributed by atoms with E-state index in [9.17, 15) is 4.79 Å². The van der Waals surface area contributed by atoms with Crippen LogP contribution in [0.3, 0.4) is 0 Å². The highest BCUT2D eigenvalue weighted by Crippen LogP contribution is 2.24. The summed E-state index contributed by atoms with van der Waals surface area (Å²) in [6.45, 7) is 0.135. The van der Waals surface area contributed by atoms with Gasteiger partial charge < -0.3 is 9.72 Å². The second-order valence-corrected chi connectivity index (χ2v) is 3.77. The number of hydrazine groups is 1. The highest BCUT2D eigenvalue weighted by molar-refractivity contribution is 6.18. The van der Waals surface area contributed by atoms with Crippen LogP contribution in [0, 0.1) is 0 Å². The van der Waals surface area contributed by atoms with Gasteiger partial charge in [-0.1, -0.05) is 18.2 Å². The molecule has 0 unspecified atom stereocenters. The van der Waals surface area contributed by atoms with Crippen LogP contribution < -0.4 is 10.9 Å². The Morgan fingerprint density at radius 2 is 2.24 bits per heavy atom. The third-order valence-corrected chi connectivity index (χ3v) is 2.48. The number of H-pyrrole nitrogens is 1. The van der Waals surface area contributed by atoms with Gasteiger partial charge in [-0.15, -0.1) is 11.6 Å². The molecular weight excluding hydrogens is 242 g/mol. The quantitative estimate of drug-likeness (QED) is 0.381. The number of aromatic nitrogens is 1. The van der Waals surface area contributed by atoms with E-state index >= 15 is 0 Å². The molecular formula is C11H12ClN3O2. The largest absolute Gasteiger partial charge is 0.447 e. The lowest BCUT2D eigenvalue weighted by molar-refractivity contribution is 0.160. The molecule has 0 aliphatic carbocycles. The molecule has 2 aromatic rings. The second kappa shape index (κ2) is 5.07. The number of nitrogens with zero attached hydrogens (tertiary/aromatic N) is 1. The van der Waals surface area contributed by atoms with Crippen molar-refractivity contribution in [2.45, 2.75) is 0 Å². The summed E-state index contributed by atoms with van der Waals surface area (Å²) in [5, 5.41) is 1.82. The number of carbonyl (C=O) groups excluding carboxylic acids is 1. The summed E-state index contributed by atoms with van der Waals surface area (Å²) in [7, 11) is 0. The third kappa shape index (κ3) is 2.35. The molecule has 0 aliphatic rings. The number of amides is 1. The lowest BCUT2D eigenvalue weighted by Crippen LogP contribution is -2.38. The highest BCUT2D eigenvalue weighted by atomic mass is 35.5. The average molecular weight is 254 g/mol. The van der Waals surface area contributed by atoms with Gasteiger partial charge in [0.05, 0.1) is 11.6 Å². The Bertz CT molecular complexity index is 526. The lowest BCUT2D eigenvalue weighted by atomic mass is 10.2. The first-order valence-electron chi connectivity index (χ1n) is 5.07. The number of alkyl halides is 1. The summed E-state index contributed by atoms with van der Waals surface area (Å²) in [6, 6.07) is 7.54. The van der Waals surface area contributed by atoms with Crippen molar-refractivity contribution in [3.8, 4) is 0 Å². The lowest BCUT2D eigenvalue weighted by Gasteiger charge is -2.14. The molecule has 0 fully saturated rings. The van der Waals surface area contributed by atoms with Gasteiger partial charge in [-0.2, -0.15) is 0 Å². The van der Waals surface area contributed by atoms with E-state index in [1.165, 1.54) is 0 Å². The van der Waals surface area contributed by atoms with Crippen molar-refractivity contribution >= 4 is 34.3 Å². The van der Waals surface area contributed by atoms with Crippen LogP contribution in [0.25, 0.3) is 10.9 Å². The van der Waals surface area contributed by atoms with Gasteiger partial charge in [0.15, 0.2) is 0 Å². The van der Waals surface area contributed by atoms with Crippen LogP contribution in [0.15, 0.2) is 30.5 Å². The number of rotatable bonds is 3. The van der Waals surface area contributed by atoms with Gasteiger partial charge in [0.25, 0.3) is 0 Å². The predicted molar refractivity (Wildman–Crippen MR) is 67.0 cm³/mol. The molecule has 0 saturated heterocycles. The minimum atomic E-state index is -0.629. The molecule has 1 amide bonds. The zero-order valence-corrected chi connectivity index (χ0v) is 9.78. The van der Waals surface area contributed by atoms with E-state index in [0.29, 0.717) is 5.69 Å². The van der Waals surface area contributed by atoms with Crippen LogP contribution in [0.5, 0.6) is 0 Å². The van der Waals surface area contributed by atoms with Gasteiger partial charge in [0, 0.05) is 17.1 Å². The van der Waals surface area contributed by atoms with E-state index in [1.54, 1.807) is 6.20 Å². The molecule has 0 bridgehead atoms. The number of nitrogens with two attached hydrogens (primary N) is 1. The summed E-state index contributed by atoms with van der Waals surface area (Å²) in [5.41, 5.74) is 1.48. The minimum Gasteiger partial charge on any atom is -0.447 e. The normalized spacial score (nSPS) is 10.5. The summed E-state index contributed by atoms with van der Waals surface area (Å²) in [5.74, 6) is 5.93. The van der Waals surface area contributed by atoms with E-state index in [1.807, 2.05) is 24.3 Å². The minimum absolute atomic E-state index is 0.135. The molecule has 3 N–H and O–H groups in total. The summed E-state index contributed by atoms with van der Waals surface area (Å²) >= 11 is 5.43. The Kier molecular flexibility index (Phi) is 3.51. The monoisotopic (exact) mass is 253 g/mol. The van der Waals surface area contributed by atoms with Gasteiger partial charge in [0.1, 0.15) is 6.61 Å². The molecule has 0 spiro atoms. The standard InChI is InChI=1S/C11H12ClN3O2/c12-5-6-17-11(16)15(13)10-7-14-9-4-2-1-3-8(9)10/h1-4,7,14H,5-6,13H2. The molecule has 0 aliphatic heterocycles. The third-order valence-electron chi connectivity index (χ3n) is 2.33. The van der Waals surface area contributed by atoms with Gasteiger partial charge in [-0.25, -0.2) is 15.6 Å². The van der Waals surface area contributed by atoms with Crippen molar-refractivity contribution in [1.29, 1.82) is 0 Å². The Labute approximate surface area is 103 Å². The van der Waals surface area contributed by atoms with Gasteiger partial charge in [-0.05, 0) is 6.07 Å². The first-order chi connectivity index (χ1) is 8.24. The smallest absolute Gasteiger partial charge is 0.428 e. The first kappa shape index (κ1) is 11.8. The van der Waals surface area contributed by atoms with E-state index in [0.717, 1.165) is 15.9 Å². The fraction of sp³-hybridized carbons (Fsp3) is 0.182. The van der Waals surface area contributed by atoms with E-state index in [2.05, 4.69) is 4.98 Å². The molecule has 1 aromatic carbocycles. The molecule has 0 radical (unpaired) electrons. The van der Waals surface area contributed by atoms with Crippen molar-refractivity contribution in [3.05, 3.63) is 30.5 Å². The average Bonchev–Trinajstić information content (AvgIpc) is 2.78. The molecule has 90 valence electrons. The summed E-state index contributed by atoms with van der Waals surface area (Å²) in [6.07, 6.45) is 1.03. The molecule has 17 heavy (non-hydrogen) atoms. The molecule has 0 saturated carbocycles. The van der Waals surface area contributed by atoms with Gasteiger partial charge >= 0.3 is 6.09 Å². The number of nitrogens with one attached hydrogen (secondary N) is 1. The molecule has 1 heterocycles. The summed E-state index contributed by atoms with van der Waals surface area (Å²) in [4.78, 5) is 14.6. The number of ether oxygens (including phenoxy) is 1. The summed E-state index contributed by atoms with van der Waals surface area (Å²) < 4.78 is 4.84. The first-order valence-corrected chi connectivity index (χ1v) is 5.61. The SMILES string of the molecule is NN(C(=O)OCCCl)c1c[nH]c2ccccc12. The van der Waals surface area contributed by atoms with Gasteiger partial charge in [0.2, 0.25) is 0 Å². The number of fused-ring (bicyclic) bond motifs is 1. The van der Waals surface area contributed by atoms with Crippen LogP contribution in [0.1, 0.15) is 0 Å².